The first-order valence-corrected chi connectivity index (χ1v) is 6.46. The minimum atomic E-state index is -0.116. The third-order valence-electron chi connectivity index (χ3n) is 3.08. The van der Waals surface area contributed by atoms with E-state index in [1.54, 1.807) is 12.1 Å². The standard InChI is InChI=1S/C15H17N3O2/c1-3-8-16-13(19)7-9-18-10-17-14-11(2)5-4-6-12(14)15(18)20/h3-6,10H,1,7-9H2,2H3,(H,16,19). The number of aryl methyl sites for hydroxylation is 2. The van der Waals surface area contributed by atoms with Gasteiger partial charge in [-0.25, -0.2) is 4.98 Å². The van der Waals surface area contributed by atoms with Crippen molar-refractivity contribution in [3.63, 3.8) is 0 Å². The van der Waals surface area contributed by atoms with Gasteiger partial charge in [-0.05, 0) is 18.6 Å². The summed E-state index contributed by atoms with van der Waals surface area (Å²) in [6, 6.07) is 5.51. The Balaban J connectivity index is 2.20. The summed E-state index contributed by atoms with van der Waals surface area (Å²) < 4.78 is 1.47. The lowest BCUT2D eigenvalue weighted by molar-refractivity contribution is -0.121. The molecule has 1 N–H and O–H groups in total. The quantitative estimate of drug-likeness (QED) is 0.836. The van der Waals surface area contributed by atoms with Crippen LogP contribution in [-0.4, -0.2) is 22.0 Å². The molecule has 20 heavy (non-hydrogen) atoms. The molecule has 2 rings (SSSR count). The van der Waals surface area contributed by atoms with E-state index in [-0.39, 0.29) is 17.9 Å². The van der Waals surface area contributed by atoms with E-state index in [0.29, 0.717) is 24.0 Å². The van der Waals surface area contributed by atoms with E-state index >= 15 is 0 Å². The van der Waals surface area contributed by atoms with Crippen molar-refractivity contribution in [2.45, 2.75) is 19.9 Å². The highest BCUT2D eigenvalue weighted by atomic mass is 16.1. The molecule has 1 heterocycles. The molecule has 0 aliphatic carbocycles. The van der Waals surface area contributed by atoms with Crippen molar-refractivity contribution >= 4 is 16.8 Å². The molecule has 0 unspecified atom stereocenters. The van der Waals surface area contributed by atoms with Crippen LogP contribution in [-0.2, 0) is 11.3 Å². The topological polar surface area (TPSA) is 64.0 Å². The van der Waals surface area contributed by atoms with Crippen LogP contribution in [0.15, 0.2) is 42.0 Å². The largest absolute Gasteiger partial charge is 0.353 e. The first kappa shape index (κ1) is 14.0. The molecule has 1 aromatic carbocycles. The van der Waals surface area contributed by atoms with Crippen molar-refractivity contribution in [2.24, 2.45) is 0 Å². The van der Waals surface area contributed by atoms with Gasteiger partial charge in [0, 0.05) is 19.5 Å². The number of aromatic nitrogens is 2. The molecule has 2 aromatic rings. The van der Waals surface area contributed by atoms with Crippen molar-refractivity contribution in [1.82, 2.24) is 14.9 Å². The number of hydrogen-bond donors (Lipinski definition) is 1. The second-order valence-corrected chi connectivity index (χ2v) is 4.56. The number of amides is 1. The lowest BCUT2D eigenvalue weighted by Crippen LogP contribution is -2.27. The fourth-order valence-corrected chi connectivity index (χ4v) is 1.99. The number of nitrogens with zero attached hydrogens (tertiary/aromatic N) is 2. The zero-order chi connectivity index (χ0) is 14.5. The minimum Gasteiger partial charge on any atom is -0.353 e. The molecule has 5 heteroatoms. The summed E-state index contributed by atoms with van der Waals surface area (Å²) in [5, 5.41) is 3.26. The van der Waals surface area contributed by atoms with Gasteiger partial charge in [0.15, 0.2) is 0 Å². The maximum Gasteiger partial charge on any atom is 0.261 e. The van der Waals surface area contributed by atoms with Crippen LogP contribution in [0.3, 0.4) is 0 Å². The van der Waals surface area contributed by atoms with E-state index in [9.17, 15) is 9.59 Å². The van der Waals surface area contributed by atoms with E-state index in [1.165, 1.54) is 10.9 Å². The molecule has 0 aliphatic heterocycles. The number of carbonyl (C=O) groups is 1. The fraction of sp³-hybridized carbons (Fsp3) is 0.267. The van der Waals surface area contributed by atoms with Crippen LogP contribution in [0.25, 0.3) is 10.9 Å². The molecule has 1 aromatic heterocycles. The van der Waals surface area contributed by atoms with E-state index in [2.05, 4.69) is 16.9 Å². The van der Waals surface area contributed by atoms with Gasteiger partial charge in [-0.2, -0.15) is 0 Å². The number of benzene rings is 1. The van der Waals surface area contributed by atoms with Gasteiger partial charge in [0.1, 0.15) is 0 Å². The lowest BCUT2D eigenvalue weighted by atomic mass is 10.1. The molecular formula is C15H17N3O2. The molecule has 0 spiro atoms. The maximum absolute atomic E-state index is 12.3. The number of fused-ring (bicyclic) bond motifs is 1. The normalized spacial score (nSPS) is 10.4. The van der Waals surface area contributed by atoms with Crippen molar-refractivity contribution in [1.29, 1.82) is 0 Å². The maximum atomic E-state index is 12.3. The molecule has 5 nitrogen and oxygen atoms in total. The van der Waals surface area contributed by atoms with Crippen molar-refractivity contribution < 1.29 is 4.79 Å². The summed E-state index contributed by atoms with van der Waals surface area (Å²) >= 11 is 0. The van der Waals surface area contributed by atoms with E-state index < -0.39 is 0 Å². The van der Waals surface area contributed by atoms with Crippen molar-refractivity contribution in [3.05, 3.63) is 53.1 Å². The Morgan fingerprint density at radius 3 is 3.05 bits per heavy atom. The first-order chi connectivity index (χ1) is 9.63. The van der Waals surface area contributed by atoms with Crippen LogP contribution < -0.4 is 10.9 Å². The predicted molar refractivity (Wildman–Crippen MR) is 78.6 cm³/mol. The Labute approximate surface area is 117 Å². The van der Waals surface area contributed by atoms with Crippen LogP contribution in [0.4, 0.5) is 0 Å². The molecule has 0 bridgehead atoms. The van der Waals surface area contributed by atoms with Crippen molar-refractivity contribution in [3.8, 4) is 0 Å². The zero-order valence-electron chi connectivity index (χ0n) is 11.4. The van der Waals surface area contributed by atoms with Crippen LogP contribution in [0.1, 0.15) is 12.0 Å². The number of para-hydroxylation sites is 1. The summed E-state index contributed by atoms with van der Waals surface area (Å²) in [6.45, 7) is 6.20. The van der Waals surface area contributed by atoms with Gasteiger partial charge < -0.3 is 5.32 Å². The Kier molecular flexibility index (Phi) is 4.30. The van der Waals surface area contributed by atoms with Crippen molar-refractivity contribution in [2.75, 3.05) is 6.54 Å². The number of rotatable bonds is 5. The number of carbonyl (C=O) groups excluding carboxylic acids is 1. The summed E-state index contributed by atoms with van der Waals surface area (Å²) in [4.78, 5) is 28.1. The van der Waals surface area contributed by atoms with Gasteiger partial charge in [0.2, 0.25) is 5.91 Å². The summed E-state index contributed by atoms with van der Waals surface area (Å²) in [7, 11) is 0. The highest BCUT2D eigenvalue weighted by molar-refractivity contribution is 5.80. The van der Waals surface area contributed by atoms with Crippen LogP contribution in [0.2, 0.25) is 0 Å². The SMILES string of the molecule is C=CCNC(=O)CCn1cnc2c(C)cccc2c1=O. The zero-order valence-corrected chi connectivity index (χ0v) is 11.4. The molecule has 0 fully saturated rings. The van der Waals surface area contributed by atoms with Gasteiger partial charge in [-0.3, -0.25) is 14.2 Å². The Morgan fingerprint density at radius 2 is 2.30 bits per heavy atom. The average molecular weight is 271 g/mol. The van der Waals surface area contributed by atoms with Gasteiger partial charge in [-0.15, -0.1) is 6.58 Å². The molecule has 1 amide bonds. The molecule has 104 valence electrons. The van der Waals surface area contributed by atoms with Gasteiger partial charge in [0.05, 0.1) is 17.2 Å². The molecule has 0 atom stereocenters. The second-order valence-electron chi connectivity index (χ2n) is 4.56. The first-order valence-electron chi connectivity index (χ1n) is 6.46. The Bertz CT molecular complexity index is 704. The minimum absolute atomic E-state index is 0.110. The van der Waals surface area contributed by atoms with Crippen LogP contribution in [0, 0.1) is 6.92 Å². The third kappa shape index (κ3) is 2.93. The fourth-order valence-electron chi connectivity index (χ4n) is 1.99. The number of nitrogens with one attached hydrogen (secondary N) is 1. The Morgan fingerprint density at radius 1 is 1.50 bits per heavy atom. The molecule has 0 saturated heterocycles. The second kappa shape index (κ2) is 6.14. The summed E-state index contributed by atoms with van der Waals surface area (Å²) in [5.41, 5.74) is 1.57. The van der Waals surface area contributed by atoms with Crippen LogP contribution in [0.5, 0.6) is 0 Å². The highest BCUT2D eigenvalue weighted by Crippen LogP contribution is 2.11. The summed E-state index contributed by atoms with van der Waals surface area (Å²) in [5.74, 6) is -0.110. The van der Waals surface area contributed by atoms with E-state index in [1.807, 2.05) is 19.1 Å². The van der Waals surface area contributed by atoms with Crippen LogP contribution >= 0.6 is 0 Å². The molecule has 0 saturated carbocycles. The monoisotopic (exact) mass is 271 g/mol. The molecule has 0 radical (unpaired) electrons. The Hall–Kier alpha value is -2.43. The molecular weight excluding hydrogens is 254 g/mol. The molecule has 0 aliphatic rings. The summed E-state index contributed by atoms with van der Waals surface area (Å²) in [6.07, 6.45) is 3.36. The van der Waals surface area contributed by atoms with E-state index in [0.717, 1.165) is 5.56 Å². The highest BCUT2D eigenvalue weighted by Gasteiger charge is 2.07. The van der Waals surface area contributed by atoms with Gasteiger partial charge >= 0.3 is 0 Å². The van der Waals surface area contributed by atoms with Gasteiger partial charge in [0.25, 0.3) is 5.56 Å². The predicted octanol–water partition coefficient (Wildman–Crippen LogP) is 1.40. The number of hydrogen-bond acceptors (Lipinski definition) is 3. The van der Waals surface area contributed by atoms with Gasteiger partial charge in [-0.1, -0.05) is 18.2 Å². The average Bonchev–Trinajstić information content (AvgIpc) is 2.45. The van der Waals surface area contributed by atoms with E-state index in [4.69, 9.17) is 0 Å². The third-order valence-corrected chi connectivity index (χ3v) is 3.08. The smallest absolute Gasteiger partial charge is 0.261 e. The lowest BCUT2D eigenvalue weighted by Gasteiger charge is -2.07.